The Balaban J connectivity index is 0. The maximum absolute atomic E-state index is 10.8. The van der Waals surface area contributed by atoms with Crippen molar-refractivity contribution in [3.8, 4) is 0 Å². The van der Waals surface area contributed by atoms with E-state index in [0.717, 1.165) is 18.1 Å². The topological polar surface area (TPSA) is 92.7 Å². The smallest absolute Gasteiger partial charge is 0.330 e. The molecule has 0 aromatic heterocycles. The van der Waals surface area contributed by atoms with Crippen LogP contribution in [0.2, 0.25) is 0 Å². The first-order chi connectivity index (χ1) is 7.91. The lowest BCUT2D eigenvalue weighted by Gasteiger charge is -2.26. The third-order valence-electron chi connectivity index (χ3n) is 1.49. The van der Waals surface area contributed by atoms with E-state index in [4.69, 9.17) is 4.74 Å². The fourth-order valence-corrected chi connectivity index (χ4v) is 1.05. The molecule has 0 N–H and O–H groups in total. The summed E-state index contributed by atoms with van der Waals surface area (Å²) in [5.41, 5.74) is 0. The molecule has 0 amide bonds. The van der Waals surface area contributed by atoms with Crippen LogP contribution in [-0.2, 0) is 24.1 Å². The number of hydrogen-bond acceptors (Lipinski definition) is 6. The second-order valence-electron chi connectivity index (χ2n) is 4.50. The van der Waals surface area contributed by atoms with Gasteiger partial charge in [0.25, 0.3) is 0 Å². The molecule has 0 spiro atoms. The highest BCUT2D eigenvalue weighted by Crippen LogP contribution is 1.99. The van der Waals surface area contributed by atoms with Gasteiger partial charge in [0.1, 0.15) is 12.6 Å². The van der Waals surface area contributed by atoms with Crippen LogP contribution < -0.4 is 0 Å². The summed E-state index contributed by atoms with van der Waals surface area (Å²) in [6.45, 7) is 6.02. The molecule has 0 saturated heterocycles. The number of carbonyl (C=O) groups excluding carboxylic acids is 1. The summed E-state index contributed by atoms with van der Waals surface area (Å²) >= 11 is 0. The summed E-state index contributed by atoms with van der Waals surface area (Å²) in [6.07, 6.45) is 1.13. The van der Waals surface area contributed by atoms with E-state index >= 15 is 0 Å². The van der Waals surface area contributed by atoms with Gasteiger partial charge in [0.05, 0.1) is 28.3 Å². The Morgan fingerprint density at radius 3 is 2.06 bits per heavy atom. The Bertz CT molecular complexity index is 357. The molecule has 108 valence electrons. The van der Waals surface area contributed by atoms with Crippen molar-refractivity contribution in [2.75, 3.05) is 34.8 Å². The molecule has 8 heteroatoms. The van der Waals surface area contributed by atoms with E-state index in [1.807, 2.05) is 6.92 Å². The number of nitrogens with zero attached hydrogens (tertiary/aromatic N) is 1. The fourth-order valence-electron chi connectivity index (χ4n) is 1.05. The summed E-state index contributed by atoms with van der Waals surface area (Å²) in [4.78, 5) is 10.8. The van der Waals surface area contributed by atoms with Gasteiger partial charge in [-0.2, -0.15) is 0 Å². The predicted octanol–water partition coefficient (Wildman–Crippen LogP) is -0.0967. The van der Waals surface area contributed by atoms with Crippen LogP contribution in [0, 0.1) is 0 Å². The van der Waals surface area contributed by atoms with Crippen molar-refractivity contribution >= 4 is 16.4 Å². The van der Waals surface area contributed by atoms with E-state index in [1.54, 1.807) is 0 Å². The minimum Gasteiger partial charge on any atom is -0.726 e. The average molecular weight is 283 g/mol. The first-order valence-electron chi connectivity index (χ1n) is 5.06. The number of likely N-dealkylation sites (N-methyl/N-ethyl adjacent to an activating group) is 1. The highest BCUT2D eigenvalue weighted by molar-refractivity contribution is 7.80. The van der Waals surface area contributed by atoms with Gasteiger partial charge in [-0.05, 0) is 6.92 Å². The summed E-state index contributed by atoms with van der Waals surface area (Å²) in [7, 11) is 2.56. The van der Waals surface area contributed by atoms with Gasteiger partial charge in [0.15, 0.2) is 0 Å². The fraction of sp³-hybridized carbons (Fsp3) is 0.700. The molecule has 0 saturated carbocycles. The molecular weight excluding hydrogens is 262 g/mol. The number of rotatable bonds is 5. The molecule has 0 aliphatic heterocycles. The van der Waals surface area contributed by atoms with Gasteiger partial charge in [0.2, 0.25) is 10.4 Å². The number of hydrogen-bond donors (Lipinski definition) is 0. The molecule has 18 heavy (non-hydrogen) atoms. The van der Waals surface area contributed by atoms with Crippen molar-refractivity contribution in [1.29, 1.82) is 0 Å². The van der Waals surface area contributed by atoms with Crippen molar-refractivity contribution in [1.82, 2.24) is 0 Å². The van der Waals surface area contributed by atoms with Crippen LogP contribution in [0.1, 0.15) is 6.92 Å². The molecule has 7 nitrogen and oxygen atoms in total. The van der Waals surface area contributed by atoms with Crippen molar-refractivity contribution in [2.24, 2.45) is 0 Å². The van der Waals surface area contributed by atoms with Crippen LogP contribution >= 0.6 is 0 Å². The molecule has 0 rings (SSSR count). The molecular formula is C10H21NO6S. The van der Waals surface area contributed by atoms with Crippen LogP contribution in [0.3, 0.4) is 0 Å². The molecule has 0 aromatic rings. The summed E-state index contributed by atoms with van der Waals surface area (Å²) in [5, 5.41) is 0. The third kappa shape index (κ3) is 17.4. The Labute approximate surface area is 109 Å². The maximum atomic E-state index is 10.8. The molecule has 0 heterocycles. The number of esters is 1. The van der Waals surface area contributed by atoms with Crippen molar-refractivity contribution in [2.45, 2.75) is 13.0 Å². The van der Waals surface area contributed by atoms with E-state index in [2.05, 4.69) is 31.9 Å². The van der Waals surface area contributed by atoms with E-state index in [1.165, 1.54) is 6.08 Å². The molecule has 1 unspecified atom stereocenters. The van der Waals surface area contributed by atoms with E-state index in [0.29, 0.717) is 0 Å². The molecule has 1 atom stereocenters. The zero-order valence-corrected chi connectivity index (χ0v) is 12.2. The Kier molecular flexibility index (Phi) is 8.83. The first kappa shape index (κ1) is 19.4. The highest BCUT2D eigenvalue weighted by Gasteiger charge is 2.15. The quantitative estimate of drug-likeness (QED) is 0.230. The molecule has 0 radical (unpaired) electrons. The van der Waals surface area contributed by atoms with Crippen LogP contribution in [0.4, 0.5) is 0 Å². The summed E-state index contributed by atoms with van der Waals surface area (Å²) in [5.74, 6) is -0.351. The zero-order chi connectivity index (χ0) is 15.0. The van der Waals surface area contributed by atoms with Crippen LogP contribution in [0.25, 0.3) is 0 Å². The lowest BCUT2D eigenvalue weighted by atomic mass is 10.3. The van der Waals surface area contributed by atoms with Crippen LogP contribution in [-0.4, -0.2) is 64.3 Å². The minimum absolute atomic E-state index is 0.0597. The van der Waals surface area contributed by atoms with Gasteiger partial charge in [-0.3, -0.25) is 4.18 Å². The monoisotopic (exact) mass is 283 g/mol. The predicted molar refractivity (Wildman–Crippen MR) is 65.4 cm³/mol. The van der Waals surface area contributed by atoms with Crippen LogP contribution in [0.5, 0.6) is 0 Å². The van der Waals surface area contributed by atoms with Gasteiger partial charge in [-0.1, -0.05) is 6.58 Å². The van der Waals surface area contributed by atoms with Crippen molar-refractivity contribution in [3.63, 3.8) is 0 Å². The van der Waals surface area contributed by atoms with E-state index < -0.39 is 10.4 Å². The number of carbonyl (C=O) groups is 1. The van der Waals surface area contributed by atoms with Gasteiger partial charge < -0.3 is 13.8 Å². The van der Waals surface area contributed by atoms with Gasteiger partial charge in [-0.15, -0.1) is 0 Å². The van der Waals surface area contributed by atoms with E-state index in [9.17, 15) is 17.8 Å². The normalized spacial score (nSPS) is 13.0. The Morgan fingerprint density at radius 2 is 1.83 bits per heavy atom. The highest BCUT2D eigenvalue weighted by atomic mass is 32.3. The summed E-state index contributed by atoms with van der Waals surface area (Å²) in [6, 6.07) is 0. The molecule has 0 fully saturated rings. The zero-order valence-electron chi connectivity index (χ0n) is 11.4. The van der Waals surface area contributed by atoms with Gasteiger partial charge in [-0.25, -0.2) is 13.2 Å². The SMILES string of the molecule is C=CC(=O)OC(C)C[N+](C)(C)C.COS(=O)(=O)[O-]. The van der Waals surface area contributed by atoms with Gasteiger partial charge >= 0.3 is 5.97 Å². The molecule has 0 bridgehead atoms. The minimum atomic E-state index is -4.41. The second kappa shape index (κ2) is 8.20. The Hall–Kier alpha value is -0.960. The molecule has 0 aromatic carbocycles. The second-order valence-corrected chi connectivity index (χ2v) is 5.65. The molecule has 0 aliphatic rings. The van der Waals surface area contributed by atoms with Crippen molar-refractivity contribution in [3.05, 3.63) is 12.7 Å². The maximum Gasteiger partial charge on any atom is 0.330 e. The van der Waals surface area contributed by atoms with Gasteiger partial charge in [0, 0.05) is 6.08 Å². The Morgan fingerprint density at radius 1 is 1.44 bits per heavy atom. The standard InChI is InChI=1S/C9H18NO2.CH4O4S/c1-6-9(11)12-8(2)7-10(3,4)5;1-5-6(2,3)4/h6,8H,1,7H2,2-5H3;1H3,(H,2,3,4)/q+1;/p-1. The number of ether oxygens (including phenoxy) is 1. The third-order valence-corrected chi connectivity index (χ3v) is 1.90. The summed E-state index contributed by atoms with van der Waals surface area (Å²) < 4.78 is 36.8. The lowest BCUT2D eigenvalue weighted by Crippen LogP contribution is -2.41. The largest absolute Gasteiger partial charge is 0.726 e. The van der Waals surface area contributed by atoms with E-state index in [-0.39, 0.29) is 12.1 Å². The average Bonchev–Trinajstić information content (AvgIpc) is 2.14. The first-order valence-corrected chi connectivity index (χ1v) is 6.39. The van der Waals surface area contributed by atoms with Crippen LogP contribution in [0.15, 0.2) is 12.7 Å². The number of quaternary nitrogens is 1. The van der Waals surface area contributed by atoms with Crippen molar-refractivity contribution < 1.29 is 31.2 Å². The lowest BCUT2D eigenvalue weighted by molar-refractivity contribution is -0.873. The molecule has 0 aliphatic carbocycles.